The van der Waals surface area contributed by atoms with Crippen LogP contribution in [0.3, 0.4) is 0 Å². The molecule has 0 saturated heterocycles. The Morgan fingerprint density at radius 2 is 1.73 bits per heavy atom. The predicted molar refractivity (Wildman–Crippen MR) is 85.5 cm³/mol. The third kappa shape index (κ3) is 13.7. The van der Waals surface area contributed by atoms with Crippen LogP contribution in [0.15, 0.2) is 36.5 Å². The van der Waals surface area contributed by atoms with Crippen LogP contribution in [0.5, 0.6) is 0 Å². The third-order valence-electron chi connectivity index (χ3n) is 2.10. The Labute approximate surface area is 131 Å². The van der Waals surface area contributed by atoms with E-state index in [1.807, 2.05) is 13.0 Å². The van der Waals surface area contributed by atoms with Crippen LogP contribution >= 0.6 is 0 Å². The standard InChI is InChI=1S/C18H20O4/c1-4-5-6-7-8-9-10-11-12-13-18(22-17(3)20)14-15-21-16(2)19/h4-5,10-13,18H,14-15H2,1-3H3/b5-4-,11-10+,13-12+. The molecule has 0 aromatic carbocycles. The Bertz CT molecular complexity index is 559. The van der Waals surface area contributed by atoms with E-state index in [0.29, 0.717) is 6.42 Å². The molecule has 0 amide bonds. The van der Waals surface area contributed by atoms with Crippen molar-refractivity contribution < 1.29 is 19.1 Å². The van der Waals surface area contributed by atoms with E-state index >= 15 is 0 Å². The van der Waals surface area contributed by atoms with Gasteiger partial charge in [0.05, 0.1) is 6.61 Å². The Morgan fingerprint density at radius 1 is 1.05 bits per heavy atom. The van der Waals surface area contributed by atoms with Gasteiger partial charge >= 0.3 is 11.9 Å². The van der Waals surface area contributed by atoms with Crippen molar-refractivity contribution in [2.75, 3.05) is 6.61 Å². The van der Waals surface area contributed by atoms with E-state index in [2.05, 4.69) is 23.7 Å². The molecule has 0 aromatic rings. The van der Waals surface area contributed by atoms with Gasteiger partial charge in [-0.15, -0.1) is 0 Å². The van der Waals surface area contributed by atoms with Gasteiger partial charge in [0.2, 0.25) is 0 Å². The molecule has 4 nitrogen and oxygen atoms in total. The minimum atomic E-state index is -0.441. The fourth-order valence-corrected chi connectivity index (χ4v) is 1.26. The molecular weight excluding hydrogens is 280 g/mol. The van der Waals surface area contributed by atoms with Crippen LogP contribution in [-0.2, 0) is 19.1 Å². The van der Waals surface area contributed by atoms with Gasteiger partial charge < -0.3 is 9.47 Å². The summed E-state index contributed by atoms with van der Waals surface area (Å²) in [5.41, 5.74) is 0. The number of carbonyl (C=O) groups is 2. The minimum absolute atomic E-state index is 0.196. The lowest BCUT2D eigenvalue weighted by Crippen LogP contribution is -2.17. The second kappa shape index (κ2) is 13.3. The molecular formula is C18H20O4. The zero-order chi connectivity index (χ0) is 16.6. The van der Waals surface area contributed by atoms with Gasteiger partial charge in [0, 0.05) is 20.3 Å². The van der Waals surface area contributed by atoms with Crippen molar-refractivity contribution in [1.82, 2.24) is 0 Å². The van der Waals surface area contributed by atoms with Crippen molar-refractivity contribution >= 4 is 11.9 Å². The molecule has 0 saturated carbocycles. The first kappa shape index (κ1) is 19.3. The molecule has 4 heteroatoms. The summed E-state index contributed by atoms with van der Waals surface area (Å²) >= 11 is 0. The van der Waals surface area contributed by atoms with E-state index in [-0.39, 0.29) is 18.5 Å². The first-order valence-corrected chi connectivity index (χ1v) is 6.82. The minimum Gasteiger partial charge on any atom is -0.466 e. The molecule has 0 aliphatic carbocycles. The molecule has 0 aliphatic heterocycles. The quantitative estimate of drug-likeness (QED) is 0.430. The second-order valence-corrected chi connectivity index (χ2v) is 4.06. The highest BCUT2D eigenvalue weighted by Crippen LogP contribution is 2.02. The molecule has 1 unspecified atom stereocenters. The molecule has 0 heterocycles. The van der Waals surface area contributed by atoms with Gasteiger partial charge in [-0.05, 0) is 37.0 Å². The van der Waals surface area contributed by atoms with Gasteiger partial charge in [0.15, 0.2) is 0 Å². The SMILES string of the molecule is C/C=C\C#CC#C/C=C/C=C/C(CCOC(C)=O)OC(C)=O. The zero-order valence-electron chi connectivity index (χ0n) is 13.1. The number of esters is 2. The Hall–Kier alpha value is -2.72. The van der Waals surface area contributed by atoms with Gasteiger partial charge in [-0.2, -0.15) is 0 Å². The topological polar surface area (TPSA) is 52.6 Å². The summed E-state index contributed by atoms with van der Waals surface area (Å²) in [5, 5.41) is 0. The molecule has 0 N–H and O–H groups in total. The van der Waals surface area contributed by atoms with Gasteiger partial charge in [-0.25, -0.2) is 0 Å². The van der Waals surface area contributed by atoms with Gasteiger partial charge in [-0.1, -0.05) is 30.1 Å². The van der Waals surface area contributed by atoms with Crippen LogP contribution < -0.4 is 0 Å². The van der Waals surface area contributed by atoms with Gasteiger partial charge in [0.1, 0.15) is 6.10 Å². The number of hydrogen-bond acceptors (Lipinski definition) is 4. The number of carbonyl (C=O) groups excluding carboxylic acids is 2. The molecule has 0 radical (unpaired) electrons. The van der Waals surface area contributed by atoms with Crippen LogP contribution in [0.4, 0.5) is 0 Å². The molecule has 0 rings (SSSR count). The summed E-state index contributed by atoms with van der Waals surface area (Å²) in [6.45, 7) is 4.74. The molecule has 0 aromatic heterocycles. The highest BCUT2D eigenvalue weighted by molar-refractivity contribution is 5.66. The fourth-order valence-electron chi connectivity index (χ4n) is 1.26. The van der Waals surface area contributed by atoms with E-state index < -0.39 is 6.10 Å². The van der Waals surface area contributed by atoms with E-state index in [1.54, 1.807) is 30.4 Å². The summed E-state index contributed by atoms with van der Waals surface area (Å²) in [6.07, 6.45) is 10.3. The average molecular weight is 300 g/mol. The van der Waals surface area contributed by atoms with Crippen molar-refractivity contribution in [2.24, 2.45) is 0 Å². The molecule has 0 fully saturated rings. The summed E-state index contributed by atoms with van der Waals surface area (Å²) in [7, 11) is 0. The third-order valence-corrected chi connectivity index (χ3v) is 2.10. The average Bonchev–Trinajstić information content (AvgIpc) is 2.44. The normalized spacial score (nSPS) is 11.6. The Kier molecular flexibility index (Phi) is 11.6. The highest BCUT2D eigenvalue weighted by atomic mass is 16.6. The Balaban J connectivity index is 4.36. The van der Waals surface area contributed by atoms with Crippen LogP contribution in [0.2, 0.25) is 0 Å². The van der Waals surface area contributed by atoms with Crippen molar-refractivity contribution in [3.8, 4) is 23.7 Å². The summed E-state index contributed by atoms with van der Waals surface area (Å²) in [5.74, 6) is 10.1. The number of hydrogen-bond donors (Lipinski definition) is 0. The smallest absolute Gasteiger partial charge is 0.303 e. The number of rotatable bonds is 6. The number of allylic oxidation sites excluding steroid dienone is 5. The van der Waals surface area contributed by atoms with Crippen molar-refractivity contribution in [2.45, 2.75) is 33.3 Å². The first-order valence-electron chi connectivity index (χ1n) is 6.82. The lowest BCUT2D eigenvalue weighted by molar-refractivity contribution is -0.146. The molecule has 116 valence electrons. The highest BCUT2D eigenvalue weighted by Gasteiger charge is 2.08. The lowest BCUT2D eigenvalue weighted by atomic mass is 10.2. The molecule has 0 spiro atoms. The maximum atomic E-state index is 11.0. The van der Waals surface area contributed by atoms with Crippen LogP contribution in [0.1, 0.15) is 27.2 Å². The largest absolute Gasteiger partial charge is 0.466 e. The molecule has 0 aliphatic rings. The maximum absolute atomic E-state index is 11.0. The van der Waals surface area contributed by atoms with Crippen LogP contribution in [0.25, 0.3) is 0 Å². The van der Waals surface area contributed by atoms with Crippen molar-refractivity contribution in [3.05, 3.63) is 36.5 Å². The fraction of sp³-hybridized carbons (Fsp3) is 0.333. The van der Waals surface area contributed by atoms with E-state index in [0.717, 1.165) is 0 Å². The zero-order valence-corrected chi connectivity index (χ0v) is 13.1. The Morgan fingerprint density at radius 3 is 2.32 bits per heavy atom. The van der Waals surface area contributed by atoms with Crippen LogP contribution in [-0.4, -0.2) is 24.6 Å². The molecule has 1 atom stereocenters. The molecule has 22 heavy (non-hydrogen) atoms. The van der Waals surface area contributed by atoms with Crippen molar-refractivity contribution in [1.29, 1.82) is 0 Å². The van der Waals surface area contributed by atoms with Gasteiger partial charge in [0.25, 0.3) is 0 Å². The van der Waals surface area contributed by atoms with Gasteiger partial charge in [-0.3, -0.25) is 9.59 Å². The number of ether oxygens (including phenoxy) is 2. The predicted octanol–water partition coefficient (Wildman–Crippen LogP) is 2.57. The second-order valence-electron chi connectivity index (χ2n) is 4.06. The van der Waals surface area contributed by atoms with Crippen LogP contribution in [0, 0.1) is 23.7 Å². The summed E-state index contributed by atoms with van der Waals surface area (Å²) < 4.78 is 9.91. The van der Waals surface area contributed by atoms with Crippen molar-refractivity contribution in [3.63, 3.8) is 0 Å². The summed E-state index contributed by atoms with van der Waals surface area (Å²) in [6, 6.07) is 0. The van der Waals surface area contributed by atoms with E-state index in [9.17, 15) is 9.59 Å². The van der Waals surface area contributed by atoms with E-state index in [1.165, 1.54) is 13.8 Å². The summed E-state index contributed by atoms with van der Waals surface area (Å²) in [4.78, 5) is 21.7. The van der Waals surface area contributed by atoms with E-state index in [4.69, 9.17) is 9.47 Å². The lowest BCUT2D eigenvalue weighted by Gasteiger charge is -2.12. The monoisotopic (exact) mass is 300 g/mol. The maximum Gasteiger partial charge on any atom is 0.303 e. The molecule has 0 bridgehead atoms. The first-order chi connectivity index (χ1) is 10.6.